The van der Waals surface area contributed by atoms with E-state index in [2.05, 4.69) is 6.92 Å². The van der Waals surface area contributed by atoms with E-state index in [4.69, 9.17) is 16.7 Å². The second-order valence-corrected chi connectivity index (χ2v) is 3.89. The number of aliphatic hydroxyl groups excluding tert-OH is 1. The van der Waals surface area contributed by atoms with Crippen molar-refractivity contribution >= 4 is 11.6 Å². The summed E-state index contributed by atoms with van der Waals surface area (Å²) in [7, 11) is 0. The van der Waals surface area contributed by atoms with Crippen LogP contribution in [0.15, 0.2) is 0 Å². The fourth-order valence-corrected chi connectivity index (χ4v) is 1.53. The van der Waals surface area contributed by atoms with Crippen molar-refractivity contribution in [3.05, 3.63) is 0 Å². The van der Waals surface area contributed by atoms with Gasteiger partial charge in [-0.25, -0.2) is 0 Å². The van der Waals surface area contributed by atoms with Gasteiger partial charge in [-0.3, -0.25) is 0 Å². The van der Waals surface area contributed by atoms with Crippen molar-refractivity contribution in [3.63, 3.8) is 0 Å². The van der Waals surface area contributed by atoms with Crippen molar-refractivity contribution in [3.8, 4) is 0 Å². The third-order valence-electron chi connectivity index (χ3n) is 2.19. The molecule has 0 saturated carbocycles. The Balaban J connectivity index is 3.04. The standard InChI is InChI=1S/C10H21ClO/c1-10(6-2-4-8-11)7-3-5-9-12/h10,12H,2-9H2,1H3. The van der Waals surface area contributed by atoms with Gasteiger partial charge in [0.05, 0.1) is 0 Å². The molecule has 0 fully saturated rings. The highest BCUT2D eigenvalue weighted by Crippen LogP contribution is 2.14. The maximum atomic E-state index is 8.58. The lowest BCUT2D eigenvalue weighted by Gasteiger charge is -2.09. The summed E-state index contributed by atoms with van der Waals surface area (Å²) in [4.78, 5) is 0. The van der Waals surface area contributed by atoms with Crippen LogP contribution in [0.1, 0.15) is 45.4 Å². The van der Waals surface area contributed by atoms with Crippen molar-refractivity contribution in [1.29, 1.82) is 0 Å². The Labute approximate surface area is 81.1 Å². The number of alkyl halides is 1. The maximum Gasteiger partial charge on any atom is 0.0431 e. The molecule has 0 rings (SSSR count). The highest BCUT2D eigenvalue weighted by atomic mass is 35.5. The van der Waals surface area contributed by atoms with Crippen LogP contribution in [0.3, 0.4) is 0 Å². The molecule has 12 heavy (non-hydrogen) atoms. The number of unbranched alkanes of at least 4 members (excludes halogenated alkanes) is 2. The second-order valence-electron chi connectivity index (χ2n) is 3.51. The summed E-state index contributed by atoms with van der Waals surface area (Å²) in [5, 5.41) is 8.58. The van der Waals surface area contributed by atoms with Crippen LogP contribution in [-0.4, -0.2) is 17.6 Å². The van der Waals surface area contributed by atoms with Crippen LogP contribution in [0.2, 0.25) is 0 Å². The quantitative estimate of drug-likeness (QED) is 0.463. The summed E-state index contributed by atoms with van der Waals surface area (Å²) >= 11 is 5.58. The average Bonchev–Trinajstić information content (AvgIpc) is 2.06. The Bertz CT molecular complexity index is 75.9. The molecule has 1 nitrogen and oxygen atoms in total. The Hall–Kier alpha value is 0.250. The molecule has 0 aromatic rings. The zero-order valence-corrected chi connectivity index (χ0v) is 8.82. The van der Waals surface area contributed by atoms with Gasteiger partial charge in [0.1, 0.15) is 0 Å². The molecule has 0 aliphatic heterocycles. The lowest BCUT2D eigenvalue weighted by Crippen LogP contribution is -1.96. The Kier molecular flexibility index (Phi) is 9.53. The molecule has 0 aliphatic carbocycles. The smallest absolute Gasteiger partial charge is 0.0431 e. The number of rotatable bonds is 8. The largest absolute Gasteiger partial charge is 0.396 e. The molecule has 0 saturated heterocycles. The van der Waals surface area contributed by atoms with E-state index in [0.717, 1.165) is 24.6 Å². The molecule has 0 spiro atoms. The van der Waals surface area contributed by atoms with E-state index in [-0.39, 0.29) is 0 Å². The van der Waals surface area contributed by atoms with Crippen molar-refractivity contribution < 1.29 is 5.11 Å². The van der Waals surface area contributed by atoms with Gasteiger partial charge in [-0.2, -0.15) is 0 Å². The molecule has 0 heterocycles. The molecule has 1 atom stereocenters. The van der Waals surface area contributed by atoms with Crippen molar-refractivity contribution in [2.45, 2.75) is 45.4 Å². The first-order valence-electron chi connectivity index (χ1n) is 4.98. The van der Waals surface area contributed by atoms with Crippen molar-refractivity contribution in [2.75, 3.05) is 12.5 Å². The summed E-state index contributed by atoms with van der Waals surface area (Å²) in [6.07, 6.45) is 7.06. The fraction of sp³-hybridized carbons (Fsp3) is 1.00. The topological polar surface area (TPSA) is 20.2 Å². The lowest BCUT2D eigenvalue weighted by atomic mass is 9.98. The first kappa shape index (κ1) is 12.2. The van der Waals surface area contributed by atoms with E-state index in [1.165, 1.54) is 25.7 Å². The van der Waals surface area contributed by atoms with Crippen molar-refractivity contribution in [2.24, 2.45) is 5.92 Å². The zero-order chi connectivity index (χ0) is 9.23. The second kappa shape index (κ2) is 9.34. The van der Waals surface area contributed by atoms with E-state index >= 15 is 0 Å². The van der Waals surface area contributed by atoms with E-state index in [9.17, 15) is 0 Å². The number of hydrogen-bond acceptors (Lipinski definition) is 1. The highest BCUT2D eigenvalue weighted by molar-refractivity contribution is 6.17. The molecule has 74 valence electrons. The van der Waals surface area contributed by atoms with Gasteiger partial charge >= 0.3 is 0 Å². The minimum Gasteiger partial charge on any atom is -0.396 e. The molecular weight excluding hydrogens is 172 g/mol. The van der Waals surface area contributed by atoms with Gasteiger partial charge in [-0.15, -0.1) is 11.6 Å². The fourth-order valence-electron chi connectivity index (χ4n) is 1.34. The van der Waals surface area contributed by atoms with E-state index < -0.39 is 0 Å². The third-order valence-corrected chi connectivity index (χ3v) is 2.45. The van der Waals surface area contributed by atoms with Crippen LogP contribution in [0.5, 0.6) is 0 Å². The normalized spacial score (nSPS) is 13.2. The molecule has 0 bridgehead atoms. The first-order chi connectivity index (χ1) is 5.81. The van der Waals surface area contributed by atoms with E-state index in [1.54, 1.807) is 0 Å². The molecule has 1 N–H and O–H groups in total. The molecule has 2 heteroatoms. The predicted octanol–water partition coefficient (Wildman–Crippen LogP) is 3.19. The first-order valence-corrected chi connectivity index (χ1v) is 5.51. The molecule has 0 amide bonds. The van der Waals surface area contributed by atoms with Gasteiger partial charge in [0.15, 0.2) is 0 Å². The minimum atomic E-state index is 0.342. The van der Waals surface area contributed by atoms with Gasteiger partial charge in [-0.1, -0.05) is 32.6 Å². The van der Waals surface area contributed by atoms with Crippen LogP contribution in [0.25, 0.3) is 0 Å². The summed E-state index contributed by atoms with van der Waals surface area (Å²) in [5.41, 5.74) is 0. The van der Waals surface area contributed by atoms with Gasteiger partial charge in [0.25, 0.3) is 0 Å². The Morgan fingerprint density at radius 1 is 1.08 bits per heavy atom. The molecule has 0 radical (unpaired) electrons. The number of halogens is 1. The van der Waals surface area contributed by atoms with Crippen LogP contribution in [0, 0.1) is 5.92 Å². The van der Waals surface area contributed by atoms with Gasteiger partial charge in [0, 0.05) is 12.5 Å². The Morgan fingerprint density at radius 3 is 2.17 bits per heavy atom. The summed E-state index contributed by atoms with van der Waals surface area (Å²) in [6, 6.07) is 0. The van der Waals surface area contributed by atoms with Crippen LogP contribution in [-0.2, 0) is 0 Å². The summed E-state index contributed by atoms with van der Waals surface area (Å²) in [5.74, 6) is 1.60. The van der Waals surface area contributed by atoms with Gasteiger partial charge < -0.3 is 5.11 Å². The summed E-state index contributed by atoms with van der Waals surface area (Å²) in [6.45, 7) is 2.63. The molecule has 1 unspecified atom stereocenters. The third kappa shape index (κ3) is 8.35. The predicted molar refractivity (Wildman–Crippen MR) is 54.7 cm³/mol. The Morgan fingerprint density at radius 2 is 1.67 bits per heavy atom. The molecule has 0 aromatic heterocycles. The SMILES string of the molecule is CC(CCCCO)CCCCCl. The zero-order valence-electron chi connectivity index (χ0n) is 8.06. The summed E-state index contributed by atoms with van der Waals surface area (Å²) < 4.78 is 0. The van der Waals surface area contributed by atoms with E-state index in [1.807, 2.05) is 0 Å². The van der Waals surface area contributed by atoms with E-state index in [0.29, 0.717) is 6.61 Å². The van der Waals surface area contributed by atoms with Gasteiger partial charge in [0.2, 0.25) is 0 Å². The molecule has 0 aromatic carbocycles. The monoisotopic (exact) mass is 192 g/mol. The molecule has 0 aliphatic rings. The maximum absolute atomic E-state index is 8.58. The number of hydrogen-bond donors (Lipinski definition) is 1. The lowest BCUT2D eigenvalue weighted by molar-refractivity contribution is 0.277. The number of aliphatic hydroxyl groups is 1. The highest BCUT2D eigenvalue weighted by Gasteiger charge is 2.00. The molecular formula is C10H21ClO. The van der Waals surface area contributed by atoms with Crippen LogP contribution in [0.4, 0.5) is 0 Å². The van der Waals surface area contributed by atoms with Crippen molar-refractivity contribution in [1.82, 2.24) is 0 Å². The minimum absolute atomic E-state index is 0.342. The van der Waals surface area contributed by atoms with Crippen LogP contribution >= 0.6 is 11.6 Å². The van der Waals surface area contributed by atoms with Gasteiger partial charge in [-0.05, 0) is 18.8 Å². The average molecular weight is 193 g/mol. The van der Waals surface area contributed by atoms with Crippen LogP contribution < -0.4 is 0 Å².